The first-order chi connectivity index (χ1) is 7.72. The highest BCUT2D eigenvalue weighted by Gasteiger charge is 2.27. The van der Waals surface area contributed by atoms with Crippen LogP contribution in [0.2, 0.25) is 0 Å². The molecule has 2 N–H and O–H groups in total. The molecule has 0 radical (unpaired) electrons. The number of hydrogen-bond donors (Lipinski definition) is 2. The average molecular weight is 220 g/mol. The molecule has 0 aliphatic carbocycles. The summed E-state index contributed by atoms with van der Waals surface area (Å²) in [4.78, 5) is 2.10. The van der Waals surface area contributed by atoms with Gasteiger partial charge in [0.25, 0.3) is 0 Å². The second-order valence-corrected chi connectivity index (χ2v) is 4.69. The van der Waals surface area contributed by atoms with Crippen molar-refractivity contribution in [1.29, 1.82) is 0 Å². The Morgan fingerprint density at radius 2 is 1.94 bits per heavy atom. The van der Waals surface area contributed by atoms with E-state index in [1.165, 1.54) is 11.3 Å². The lowest BCUT2D eigenvalue weighted by molar-refractivity contribution is 0.226. The van der Waals surface area contributed by atoms with E-state index >= 15 is 0 Å². The molecule has 16 heavy (non-hydrogen) atoms. The van der Waals surface area contributed by atoms with Gasteiger partial charge in [0, 0.05) is 51.3 Å². The van der Waals surface area contributed by atoms with Crippen LogP contribution >= 0.6 is 0 Å². The normalized spacial score (nSPS) is 24.7. The number of aliphatic hydroxyl groups excluding tert-OH is 1. The molecule has 1 saturated heterocycles. The Hall–Kier alpha value is -1.06. The fourth-order valence-corrected chi connectivity index (χ4v) is 2.33. The van der Waals surface area contributed by atoms with Gasteiger partial charge >= 0.3 is 0 Å². The van der Waals surface area contributed by atoms with Crippen LogP contribution in [0.4, 0.5) is 5.69 Å². The zero-order valence-corrected chi connectivity index (χ0v) is 9.98. The third-order valence-electron chi connectivity index (χ3n) is 3.41. The van der Waals surface area contributed by atoms with E-state index in [1.54, 1.807) is 0 Å². The summed E-state index contributed by atoms with van der Waals surface area (Å²) in [6, 6.07) is 8.63. The van der Waals surface area contributed by atoms with Crippen LogP contribution < -0.4 is 10.2 Å². The van der Waals surface area contributed by atoms with Crippen molar-refractivity contribution in [3.05, 3.63) is 29.8 Å². The van der Waals surface area contributed by atoms with Gasteiger partial charge in [-0.05, 0) is 17.7 Å². The topological polar surface area (TPSA) is 35.5 Å². The molecule has 0 amide bonds. The van der Waals surface area contributed by atoms with Gasteiger partial charge in [0.2, 0.25) is 0 Å². The van der Waals surface area contributed by atoms with Gasteiger partial charge in [-0.1, -0.05) is 12.1 Å². The van der Waals surface area contributed by atoms with Crippen molar-refractivity contribution in [3.8, 4) is 0 Å². The lowest BCUT2D eigenvalue weighted by Gasteiger charge is -2.18. The Morgan fingerprint density at radius 3 is 2.50 bits per heavy atom. The van der Waals surface area contributed by atoms with E-state index < -0.39 is 0 Å². The van der Waals surface area contributed by atoms with Gasteiger partial charge in [0.1, 0.15) is 0 Å². The summed E-state index contributed by atoms with van der Waals surface area (Å²) in [5, 5.41) is 12.6. The number of nitrogens with zero attached hydrogens (tertiary/aromatic N) is 1. The molecule has 2 atom stereocenters. The van der Waals surface area contributed by atoms with E-state index in [0.29, 0.717) is 11.8 Å². The average Bonchev–Trinajstić information content (AvgIpc) is 2.77. The molecule has 3 nitrogen and oxygen atoms in total. The highest BCUT2D eigenvalue weighted by molar-refractivity contribution is 5.46. The van der Waals surface area contributed by atoms with Crippen molar-refractivity contribution in [1.82, 2.24) is 5.32 Å². The molecule has 1 aromatic carbocycles. The maximum absolute atomic E-state index is 9.29. The van der Waals surface area contributed by atoms with Crippen LogP contribution in [-0.2, 0) is 0 Å². The highest BCUT2D eigenvalue weighted by Crippen LogP contribution is 2.28. The van der Waals surface area contributed by atoms with Crippen molar-refractivity contribution in [2.75, 3.05) is 38.7 Å². The lowest BCUT2D eigenvalue weighted by Crippen LogP contribution is -2.15. The summed E-state index contributed by atoms with van der Waals surface area (Å²) in [5.41, 5.74) is 2.55. The van der Waals surface area contributed by atoms with Crippen molar-refractivity contribution in [2.24, 2.45) is 5.92 Å². The first kappa shape index (κ1) is 11.4. The molecule has 3 heteroatoms. The monoisotopic (exact) mass is 220 g/mol. The lowest BCUT2D eigenvalue weighted by atomic mass is 9.89. The molecule has 88 valence electrons. The summed E-state index contributed by atoms with van der Waals surface area (Å²) in [7, 11) is 4.09. The summed E-state index contributed by atoms with van der Waals surface area (Å²) in [6.07, 6.45) is 0. The zero-order chi connectivity index (χ0) is 11.5. The SMILES string of the molecule is CN(C)c1ccc([C@@H]2CNC[C@@H]2CO)cc1. The molecule has 1 aliphatic heterocycles. The maximum atomic E-state index is 9.29. The van der Waals surface area contributed by atoms with Crippen LogP contribution in [-0.4, -0.2) is 38.9 Å². The minimum atomic E-state index is 0.271. The minimum absolute atomic E-state index is 0.271. The quantitative estimate of drug-likeness (QED) is 0.799. The highest BCUT2D eigenvalue weighted by atomic mass is 16.3. The molecule has 0 bridgehead atoms. The molecular formula is C13H20N2O. The van der Waals surface area contributed by atoms with E-state index in [2.05, 4.69) is 34.5 Å². The van der Waals surface area contributed by atoms with E-state index in [0.717, 1.165) is 13.1 Å². The van der Waals surface area contributed by atoms with Crippen LogP contribution in [0.3, 0.4) is 0 Å². The van der Waals surface area contributed by atoms with Crippen molar-refractivity contribution in [3.63, 3.8) is 0 Å². The maximum Gasteiger partial charge on any atom is 0.0477 e. The smallest absolute Gasteiger partial charge is 0.0477 e. The van der Waals surface area contributed by atoms with Gasteiger partial charge in [-0.2, -0.15) is 0 Å². The molecule has 0 aromatic heterocycles. The first-order valence-electron chi connectivity index (χ1n) is 5.81. The molecule has 0 saturated carbocycles. The van der Waals surface area contributed by atoms with Crippen molar-refractivity contribution >= 4 is 5.69 Å². The molecular weight excluding hydrogens is 200 g/mol. The third kappa shape index (κ3) is 2.20. The molecule has 0 spiro atoms. The fourth-order valence-electron chi connectivity index (χ4n) is 2.33. The molecule has 1 aromatic rings. The van der Waals surface area contributed by atoms with E-state index in [9.17, 15) is 5.11 Å². The van der Waals surface area contributed by atoms with Gasteiger partial charge < -0.3 is 15.3 Å². The predicted molar refractivity (Wildman–Crippen MR) is 67.0 cm³/mol. The van der Waals surface area contributed by atoms with E-state index in [-0.39, 0.29) is 6.61 Å². The Labute approximate surface area is 97.1 Å². The Morgan fingerprint density at radius 1 is 1.25 bits per heavy atom. The van der Waals surface area contributed by atoms with Gasteiger partial charge in [-0.25, -0.2) is 0 Å². The summed E-state index contributed by atoms with van der Waals surface area (Å²) in [6.45, 7) is 2.18. The second kappa shape index (κ2) is 4.85. The first-order valence-corrected chi connectivity index (χ1v) is 5.81. The van der Waals surface area contributed by atoms with Crippen molar-refractivity contribution in [2.45, 2.75) is 5.92 Å². The largest absolute Gasteiger partial charge is 0.396 e. The van der Waals surface area contributed by atoms with Crippen LogP contribution in [0.15, 0.2) is 24.3 Å². The number of hydrogen-bond acceptors (Lipinski definition) is 3. The summed E-state index contributed by atoms with van der Waals surface area (Å²) >= 11 is 0. The Balaban J connectivity index is 2.15. The Kier molecular flexibility index (Phi) is 3.46. The Bertz CT molecular complexity index is 334. The molecule has 1 fully saturated rings. The molecule has 1 aliphatic rings. The second-order valence-electron chi connectivity index (χ2n) is 4.69. The van der Waals surface area contributed by atoms with Crippen LogP contribution in [0.25, 0.3) is 0 Å². The van der Waals surface area contributed by atoms with E-state index in [1.807, 2.05) is 14.1 Å². The van der Waals surface area contributed by atoms with Crippen LogP contribution in [0.5, 0.6) is 0 Å². The van der Waals surface area contributed by atoms with Crippen LogP contribution in [0.1, 0.15) is 11.5 Å². The van der Waals surface area contributed by atoms with Gasteiger partial charge in [0.05, 0.1) is 0 Å². The number of anilines is 1. The van der Waals surface area contributed by atoms with E-state index in [4.69, 9.17) is 0 Å². The van der Waals surface area contributed by atoms with Gasteiger partial charge in [0.15, 0.2) is 0 Å². The minimum Gasteiger partial charge on any atom is -0.396 e. The predicted octanol–water partition coefficient (Wildman–Crippen LogP) is 1.05. The molecule has 2 rings (SSSR count). The molecule has 0 unspecified atom stereocenters. The van der Waals surface area contributed by atoms with Crippen molar-refractivity contribution < 1.29 is 5.11 Å². The molecule has 1 heterocycles. The number of nitrogens with one attached hydrogen (secondary N) is 1. The number of rotatable bonds is 3. The third-order valence-corrected chi connectivity index (χ3v) is 3.41. The number of aliphatic hydroxyl groups is 1. The van der Waals surface area contributed by atoms with Crippen LogP contribution in [0, 0.1) is 5.92 Å². The van der Waals surface area contributed by atoms with Gasteiger partial charge in [-0.15, -0.1) is 0 Å². The summed E-state index contributed by atoms with van der Waals surface area (Å²) < 4.78 is 0. The fraction of sp³-hybridized carbons (Fsp3) is 0.538. The standard InChI is InChI=1S/C13H20N2O/c1-15(2)12-5-3-10(4-6-12)13-8-14-7-11(13)9-16/h3-6,11,13-14,16H,7-9H2,1-2H3/t11-,13+/m1/s1. The number of benzene rings is 1. The zero-order valence-electron chi connectivity index (χ0n) is 9.98. The summed E-state index contributed by atoms with van der Waals surface area (Å²) in [5.74, 6) is 0.825. The van der Waals surface area contributed by atoms with Gasteiger partial charge in [-0.3, -0.25) is 0 Å².